The number of primary amides is 1. The predicted octanol–water partition coefficient (Wildman–Crippen LogP) is 2.24. The third-order valence-electron chi connectivity index (χ3n) is 2.42. The van der Waals surface area contributed by atoms with Crippen LogP contribution in [-0.4, -0.2) is 17.0 Å². The lowest BCUT2D eigenvalue weighted by molar-refractivity contribution is -0.116. The van der Waals surface area contributed by atoms with E-state index in [0.717, 1.165) is 4.88 Å². The van der Waals surface area contributed by atoms with Crippen LogP contribution < -0.4 is 11.1 Å². The molecule has 7 heteroatoms. The molecule has 0 saturated heterocycles. The molecule has 0 fully saturated rings. The standard InChI is InChI=1S/C12H13N3O3S/c1-2-4-8(16)14-12-9(11(13)17)10(15-18-12)7-5-3-6-19-7/h3,5-6H,2,4H2,1H3,(H2,13,17)(H,14,16). The number of carbonyl (C=O) groups is 2. The van der Waals surface area contributed by atoms with E-state index in [4.69, 9.17) is 10.3 Å². The van der Waals surface area contributed by atoms with E-state index in [2.05, 4.69) is 10.5 Å². The summed E-state index contributed by atoms with van der Waals surface area (Å²) in [7, 11) is 0. The summed E-state index contributed by atoms with van der Waals surface area (Å²) >= 11 is 1.41. The summed E-state index contributed by atoms with van der Waals surface area (Å²) in [6, 6.07) is 3.63. The number of nitrogens with zero attached hydrogens (tertiary/aromatic N) is 1. The third-order valence-corrected chi connectivity index (χ3v) is 3.30. The maximum absolute atomic E-state index is 11.5. The van der Waals surface area contributed by atoms with Crippen LogP contribution in [-0.2, 0) is 4.79 Å². The number of amides is 2. The van der Waals surface area contributed by atoms with Crippen molar-refractivity contribution in [1.29, 1.82) is 0 Å². The molecule has 2 amide bonds. The Bertz CT molecular complexity index is 589. The predicted molar refractivity (Wildman–Crippen MR) is 71.9 cm³/mol. The van der Waals surface area contributed by atoms with E-state index < -0.39 is 5.91 Å². The van der Waals surface area contributed by atoms with Gasteiger partial charge < -0.3 is 10.3 Å². The van der Waals surface area contributed by atoms with Crippen molar-refractivity contribution in [2.75, 3.05) is 5.32 Å². The summed E-state index contributed by atoms with van der Waals surface area (Å²) in [5.74, 6) is -0.912. The van der Waals surface area contributed by atoms with Gasteiger partial charge in [0.05, 0.1) is 4.88 Å². The quantitative estimate of drug-likeness (QED) is 0.876. The van der Waals surface area contributed by atoms with Crippen LogP contribution in [0, 0.1) is 0 Å². The van der Waals surface area contributed by atoms with Crippen LogP contribution in [0.1, 0.15) is 30.1 Å². The Balaban J connectivity index is 2.35. The number of rotatable bonds is 5. The topological polar surface area (TPSA) is 98.2 Å². The molecular formula is C12H13N3O3S. The number of nitrogens with one attached hydrogen (secondary N) is 1. The fraction of sp³-hybridized carbons (Fsp3) is 0.250. The second-order valence-electron chi connectivity index (χ2n) is 3.88. The first-order valence-electron chi connectivity index (χ1n) is 5.76. The molecule has 0 spiro atoms. The van der Waals surface area contributed by atoms with Crippen molar-refractivity contribution < 1.29 is 14.1 Å². The second kappa shape index (κ2) is 5.66. The fourth-order valence-corrected chi connectivity index (χ4v) is 2.31. The van der Waals surface area contributed by atoms with Crippen LogP contribution in [0.25, 0.3) is 10.6 Å². The van der Waals surface area contributed by atoms with Crippen molar-refractivity contribution in [3.8, 4) is 10.6 Å². The zero-order chi connectivity index (χ0) is 13.8. The van der Waals surface area contributed by atoms with Crippen molar-refractivity contribution in [3.05, 3.63) is 23.1 Å². The molecule has 0 aromatic carbocycles. The third kappa shape index (κ3) is 2.82. The normalized spacial score (nSPS) is 10.4. The number of carbonyl (C=O) groups excluding carboxylic acids is 2. The molecule has 0 atom stereocenters. The van der Waals surface area contributed by atoms with E-state index in [1.165, 1.54) is 11.3 Å². The number of aromatic nitrogens is 1. The Morgan fingerprint density at radius 3 is 2.89 bits per heavy atom. The summed E-state index contributed by atoms with van der Waals surface area (Å²) in [5, 5.41) is 8.18. The van der Waals surface area contributed by atoms with Gasteiger partial charge in [0.2, 0.25) is 11.8 Å². The molecule has 0 aliphatic carbocycles. The van der Waals surface area contributed by atoms with Gasteiger partial charge in [0.15, 0.2) is 0 Å². The van der Waals surface area contributed by atoms with Crippen molar-refractivity contribution in [2.24, 2.45) is 5.73 Å². The molecule has 0 saturated carbocycles. The van der Waals surface area contributed by atoms with Crippen LogP contribution in [0.15, 0.2) is 22.0 Å². The molecule has 3 N–H and O–H groups in total. The Kier molecular flexibility index (Phi) is 3.96. The SMILES string of the molecule is CCCC(=O)Nc1onc(-c2cccs2)c1C(N)=O. The molecule has 2 rings (SSSR count). The Hall–Kier alpha value is -2.15. The summed E-state index contributed by atoms with van der Waals surface area (Å²) in [5.41, 5.74) is 5.79. The molecule has 2 aromatic rings. The fourth-order valence-electron chi connectivity index (χ4n) is 1.60. The molecule has 19 heavy (non-hydrogen) atoms. The molecular weight excluding hydrogens is 266 g/mol. The summed E-state index contributed by atoms with van der Waals surface area (Å²) in [6.07, 6.45) is 1.04. The lowest BCUT2D eigenvalue weighted by Crippen LogP contribution is -2.17. The van der Waals surface area contributed by atoms with E-state index in [1.807, 2.05) is 18.4 Å². The van der Waals surface area contributed by atoms with Gasteiger partial charge in [0.1, 0.15) is 11.3 Å². The lowest BCUT2D eigenvalue weighted by Gasteiger charge is -2.01. The average Bonchev–Trinajstić information content (AvgIpc) is 2.96. The Morgan fingerprint density at radius 2 is 2.32 bits per heavy atom. The smallest absolute Gasteiger partial charge is 0.256 e. The highest BCUT2D eigenvalue weighted by Crippen LogP contribution is 2.31. The zero-order valence-corrected chi connectivity index (χ0v) is 11.1. The first-order valence-corrected chi connectivity index (χ1v) is 6.64. The minimum Gasteiger partial charge on any atom is -0.365 e. The van der Waals surface area contributed by atoms with Crippen LogP contribution in [0.3, 0.4) is 0 Å². The molecule has 0 radical (unpaired) electrons. The van der Waals surface area contributed by atoms with E-state index in [9.17, 15) is 9.59 Å². The van der Waals surface area contributed by atoms with Gasteiger partial charge in [0.25, 0.3) is 5.91 Å². The van der Waals surface area contributed by atoms with Crippen molar-refractivity contribution in [3.63, 3.8) is 0 Å². The number of hydrogen-bond donors (Lipinski definition) is 2. The van der Waals surface area contributed by atoms with Gasteiger partial charge in [-0.2, -0.15) is 0 Å². The Morgan fingerprint density at radius 1 is 1.53 bits per heavy atom. The summed E-state index contributed by atoms with van der Waals surface area (Å²) in [6.45, 7) is 1.88. The van der Waals surface area contributed by atoms with E-state index in [-0.39, 0.29) is 17.4 Å². The van der Waals surface area contributed by atoms with E-state index >= 15 is 0 Å². The molecule has 0 bridgehead atoms. The van der Waals surface area contributed by atoms with Gasteiger partial charge in [-0.15, -0.1) is 11.3 Å². The van der Waals surface area contributed by atoms with Crippen LogP contribution in [0.2, 0.25) is 0 Å². The van der Waals surface area contributed by atoms with Crippen molar-refractivity contribution in [2.45, 2.75) is 19.8 Å². The maximum Gasteiger partial charge on any atom is 0.256 e. The van der Waals surface area contributed by atoms with Crippen LogP contribution in [0.4, 0.5) is 5.88 Å². The molecule has 2 heterocycles. The van der Waals surface area contributed by atoms with Crippen molar-refractivity contribution >= 4 is 29.0 Å². The first kappa shape index (κ1) is 13.3. The lowest BCUT2D eigenvalue weighted by atomic mass is 10.2. The van der Waals surface area contributed by atoms with E-state index in [1.54, 1.807) is 6.07 Å². The van der Waals surface area contributed by atoms with Crippen molar-refractivity contribution in [1.82, 2.24) is 5.16 Å². The minimum atomic E-state index is -0.684. The zero-order valence-electron chi connectivity index (χ0n) is 10.3. The number of hydrogen-bond acceptors (Lipinski definition) is 5. The van der Waals surface area contributed by atoms with Gasteiger partial charge in [-0.25, -0.2) is 0 Å². The number of anilines is 1. The van der Waals surface area contributed by atoms with Gasteiger partial charge in [-0.1, -0.05) is 18.1 Å². The number of thiophene rings is 1. The molecule has 0 unspecified atom stereocenters. The average molecular weight is 279 g/mol. The van der Waals surface area contributed by atoms with Crippen LogP contribution >= 0.6 is 11.3 Å². The minimum absolute atomic E-state index is 0.00866. The number of nitrogens with two attached hydrogens (primary N) is 1. The second-order valence-corrected chi connectivity index (χ2v) is 4.82. The molecule has 100 valence electrons. The van der Waals surface area contributed by atoms with Gasteiger partial charge in [-0.05, 0) is 17.9 Å². The highest BCUT2D eigenvalue weighted by molar-refractivity contribution is 7.13. The Labute approximate surface area is 113 Å². The monoisotopic (exact) mass is 279 g/mol. The van der Waals surface area contributed by atoms with Crippen LogP contribution in [0.5, 0.6) is 0 Å². The highest BCUT2D eigenvalue weighted by Gasteiger charge is 2.23. The molecule has 6 nitrogen and oxygen atoms in total. The first-order chi connectivity index (χ1) is 9.13. The highest BCUT2D eigenvalue weighted by atomic mass is 32.1. The molecule has 0 aliphatic rings. The maximum atomic E-state index is 11.5. The largest absolute Gasteiger partial charge is 0.365 e. The van der Waals surface area contributed by atoms with Gasteiger partial charge in [0, 0.05) is 6.42 Å². The summed E-state index contributed by atoms with van der Waals surface area (Å²) in [4.78, 5) is 23.8. The molecule has 2 aromatic heterocycles. The van der Waals surface area contributed by atoms with Gasteiger partial charge >= 0.3 is 0 Å². The summed E-state index contributed by atoms with van der Waals surface area (Å²) < 4.78 is 5.02. The van der Waals surface area contributed by atoms with Gasteiger partial charge in [-0.3, -0.25) is 14.9 Å². The van der Waals surface area contributed by atoms with E-state index in [0.29, 0.717) is 18.5 Å². The molecule has 0 aliphatic heterocycles.